The van der Waals surface area contributed by atoms with E-state index >= 15 is 0 Å². The van der Waals surface area contributed by atoms with Gasteiger partial charge >= 0.3 is 29.6 Å². The molecule has 0 aromatic heterocycles. The molecule has 0 amide bonds. The number of hydrogen-bond acceptors (Lipinski definition) is 1. The Balaban J connectivity index is -0.00000000500. The molecule has 0 spiro atoms. The van der Waals surface area contributed by atoms with Crippen molar-refractivity contribution in [2.75, 3.05) is 0 Å². The van der Waals surface area contributed by atoms with Crippen LogP contribution in [0.15, 0.2) is 0 Å². The second kappa shape index (κ2) is 36.1. The van der Waals surface area contributed by atoms with Crippen molar-refractivity contribution >= 4 is 29.6 Å². The van der Waals surface area contributed by atoms with E-state index in [1.165, 1.54) is 0 Å². The van der Waals surface area contributed by atoms with Gasteiger partial charge < -0.3 is 0 Å². The number of nitriles is 1. The molecule has 0 aliphatic carbocycles. The maximum atomic E-state index is 6.50. The molecule has 0 aliphatic rings. The van der Waals surface area contributed by atoms with Gasteiger partial charge in [-0.05, 0) is 0 Å². The van der Waals surface area contributed by atoms with Gasteiger partial charge in [-0.2, -0.15) is 0 Å². The summed E-state index contributed by atoms with van der Waals surface area (Å²) in [7, 11) is 0. The number of nitrogens with zero attached hydrogens (tertiary/aromatic N) is 1. The van der Waals surface area contributed by atoms with Crippen molar-refractivity contribution in [3.05, 3.63) is 0 Å². The molecule has 0 aromatic carbocycles. The van der Waals surface area contributed by atoms with Gasteiger partial charge in [0.1, 0.15) is 0 Å². The van der Waals surface area contributed by atoms with Gasteiger partial charge in [0.2, 0.25) is 0 Å². The van der Waals surface area contributed by atoms with E-state index in [0.717, 1.165) is 0 Å². The normalized spacial score (nSPS) is 0.500. The molecule has 0 aliphatic heterocycles. The van der Waals surface area contributed by atoms with Crippen LogP contribution in [0.25, 0.3) is 0 Å². The molecule has 3 heteroatoms. The quantitative estimate of drug-likeness (QED) is 0.385. The van der Waals surface area contributed by atoms with Crippen LogP contribution in [0.5, 0.6) is 0 Å². The Morgan fingerprint density at radius 2 is 1.25 bits per heavy atom. The van der Waals surface area contributed by atoms with Crippen molar-refractivity contribution in [3.8, 4) is 6.57 Å². The summed E-state index contributed by atoms with van der Waals surface area (Å²) in [5.41, 5.74) is 0. The first-order chi connectivity index (χ1) is 1.00. The van der Waals surface area contributed by atoms with Crippen molar-refractivity contribution in [1.29, 1.82) is 5.26 Å². The third-order valence-corrected chi connectivity index (χ3v) is 0. The molecule has 0 saturated heterocycles. The Hall–Kier alpha value is 0.996. The fourth-order valence-corrected chi connectivity index (χ4v) is 0. The molecule has 0 saturated carbocycles. The fourth-order valence-electron chi connectivity index (χ4n) is 0. The first-order valence-corrected chi connectivity index (χ1v) is 0.258. The Bertz CT molecular complexity index is 12.8. The minimum atomic E-state index is 0. The van der Waals surface area contributed by atoms with Gasteiger partial charge in [-0.15, -0.1) is 0 Å². The molecule has 1 radical (unpaired) electrons. The Labute approximate surface area is 57.9 Å². The van der Waals surface area contributed by atoms with E-state index in [4.69, 9.17) is 5.26 Å². The second-order valence-electron chi connectivity index (χ2n) is 0. The zero-order valence-electron chi connectivity index (χ0n) is 1.36. The summed E-state index contributed by atoms with van der Waals surface area (Å²) in [6, 6.07) is 0. The van der Waals surface area contributed by atoms with Gasteiger partial charge in [0.05, 0.1) is 0 Å². The maximum absolute atomic E-state index is 6.50. The van der Waals surface area contributed by atoms with E-state index < -0.39 is 0 Å². The van der Waals surface area contributed by atoms with Crippen LogP contribution < -0.4 is 0 Å². The van der Waals surface area contributed by atoms with Gasteiger partial charge in [0.25, 0.3) is 0 Å². The van der Waals surface area contributed by atoms with E-state index in [1.54, 1.807) is 0 Å². The van der Waals surface area contributed by atoms with Crippen molar-refractivity contribution in [2.45, 2.75) is 0 Å². The summed E-state index contributed by atoms with van der Waals surface area (Å²) in [6.45, 7) is 3.50. The van der Waals surface area contributed by atoms with Crippen LogP contribution in [-0.4, -0.2) is 29.6 Å². The van der Waals surface area contributed by atoms with Gasteiger partial charge in [-0.1, -0.05) is 0 Å². The van der Waals surface area contributed by atoms with Crippen molar-refractivity contribution < 1.29 is 16.8 Å². The second-order valence-corrected chi connectivity index (χ2v) is 0. The monoisotopic (exact) mass is 110 g/mol. The molecule has 21 valence electrons. The van der Waals surface area contributed by atoms with Crippen LogP contribution >= 0.6 is 0 Å². The molecule has 1 nitrogen and oxygen atoms in total. The molecular formula is CH2CoNNa. The minimum absolute atomic E-state index is 0. The summed E-state index contributed by atoms with van der Waals surface area (Å²) < 4.78 is 0. The Morgan fingerprint density at radius 3 is 1.25 bits per heavy atom. The van der Waals surface area contributed by atoms with Crippen LogP contribution in [0.2, 0.25) is 0 Å². The molecule has 0 atom stereocenters. The molecule has 0 fully saturated rings. The molecule has 0 bridgehead atoms. The van der Waals surface area contributed by atoms with E-state index in [9.17, 15) is 0 Å². The zero-order chi connectivity index (χ0) is 2.00. The van der Waals surface area contributed by atoms with Crippen molar-refractivity contribution in [1.82, 2.24) is 0 Å². The van der Waals surface area contributed by atoms with Crippen LogP contribution in [0.1, 0.15) is 0 Å². The molecule has 0 rings (SSSR count). The van der Waals surface area contributed by atoms with Gasteiger partial charge in [0, 0.05) is 23.4 Å². The van der Waals surface area contributed by atoms with E-state index in [2.05, 4.69) is 6.57 Å². The van der Waals surface area contributed by atoms with Crippen molar-refractivity contribution in [3.63, 3.8) is 0 Å². The van der Waals surface area contributed by atoms with Gasteiger partial charge in [-0.3, -0.25) is 0 Å². The topological polar surface area (TPSA) is 23.8 Å². The molecule has 4 heavy (non-hydrogen) atoms. The number of rotatable bonds is 0. The predicted molar refractivity (Wildman–Crippen MR) is 13.8 cm³/mol. The third kappa shape index (κ3) is 12.0. The average Bonchev–Trinajstić information content (AvgIpc) is 1.00. The summed E-state index contributed by atoms with van der Waals surface area (Å²) in [4.78, 5) is 0. The summed E-state index contributed by atoms with van der Waals surface area (Å²) in [6.07, 6.45) is 0. The molecule has 0 N–H and O–H groups in total. The predicted octanol–water partition coefficient (Wildman–Crippen LogP) is -0.511. The SMILES string of the molecule is C#N.[Co].[NaH]. The van der Waals surface area contributed by atoms with E-state index in [-0.39, 0.29) is 46.3 Å². The first-order valence-electron chi connectivity index (χ1n) is 0.258. The molecular weight excluding hydrogens is 108 g/mol. The van der Waals surface area contributed by atoms with Crippen LogP contribution in [-0.2, 0) is 16.8 Å². The molecule has 0 aromatic rings. The third-order valence-electron chi connectivity index (χ3n) is 0. The zero-order valence-corrected chi connectivity index (χ0v) is 2.40. The van der Waals surface area contributed by atoms with Crippen LogP contribution in [0.4, 0.5) is 0 Å². The number of hydrogen-bond donors (Lipinski definition) is 0. The van der Waals surface area contributed by atoms with Gasteiger partial charge in [0.15, 0.2) is 0 Å². The van der Waals surface area contributed by atoms with E-state index in [0.29, 0.717) is 0 Å². The molecule has 0 heterocycles. The Kier molecular flexibility index (Phi) is 181. The Morgan fingerprint density at radius 1 is 1.25 bits per heavy atom. The summed E-state index contributed by atoms with van der Waals surface area (Å²) in [5, 5.41) is 6.50. The summed E-state index contributed by atoms with van der Waals surface area (Å²) in [5.74, 6) is 0. The average molecular weight is 110 g/mol. The van der Waals surface area contributed by atoms with Crippen molar-refractivity contribution in [2.24, 2.45) is 0 Å². The standard InChI is InChI=1S/CHN.Co.Na.H/c1-2;;;/h1H;;;. The van der Waals surface area contributed by atoms with Crippen LogP contribution in [0.3, 0.4) is 0 Å². The summed E-state index contributed by atoms with van der Waals surface area (Å²) >= 11 is 0. The fraction of sp³-hybridized carbons (Fsp3) is 0. The van der Waals surface area contributed by atoms with Crippen LogP contribution in [0, 0.1) is 11.8 Å². The van der Waals surface area contributed by atoms with E-state index in [1.807, 2.05) is 0 Å². The molecule has 0 unspecified atom stereocenters. The van der Waals surface area contributed by atoms with Gasteiger partial charge in [-0.25, -0.2) is 5.26 Å². The first kappa shape index (κ1) is 20.0.